The Morgan fingerprint density at radius 2 is 1.91 bits per heavy atom. The molecular formula is C19H29O2P. The Morgan fingerprint density at radius 3 is 2.50 bits per heavy atom. The van der Waals surface area contributed by atoms with Crippen LogP contribution >= 0.6 is 7.14 Å². The van der Waals surface area contributed by atoms with E-state index in [1.807, 2.05) is 31.2 Å². The maximum Gasteiger partial charge on any atom is 0.221 e. The molecule has 1 aromatic carbocycles. The molecule has 0 amide bonds. The van der Waals surface area contributed by atoms with Gasteiger partial charge in [-0.3, -0.25) is 4.79 Å². The van der Waals surface area contributed by atoms with Gasteiger partial charge in [0.2, 0.25) is 5.52 Å². The lowest BCUT2D eigenvalue weighted by Gasteiger charge is -2.26. The summed E-state index contributed by atoms with van der Waals surface area (Å²) in [6, 6.07) is 7.62. The van der Waals surface area contributed by atoms with Crippen LogP contribution in [0.1, 0.15) is 68.3 Å². The van der Waals surface area contributed by atoms with Crippen molar-refractivity contribution < 1.29 is 9.36 Å². The molecule has 0 spiro atoms. The van der Waals surface area contributed by atoms with E-state index >= 15 is 0 Å². The Hall–Kier alpha value is -0.880. The first-order chi connectivity index (χ1) is 10.5. The molecule has 2 unspecified atom stereocenters. The summed E-state index contributed by atoms with van der Waals surface area (Å²) in [5.74, 6) is 0.365. The molecule has 0 radical (unpaired) electrons. The molecule has 2 rings (SSSR count). The summed E-state index contributed by atoms with van der Waals surface area (Å²) in [5.41, 5.74) is 1.70. The molecule has 2 nitrogen and oxygen atoms in total. The lowest BCUT2D eigenvalue weighted by Crippen LogP contribution is -2.19. The Bertz CT molecular complexity index is 558. The number of aryl methyl sites for hydroxylation is 1. The first-order valence-corrected chi connectivity index (χ1v) is 10.6. The third-order valence-corrected chi connectivity index (χ3v) is 8.79. The molecule has 0 saturated heterocycles. The molecule has 3 heteroatoms. The first kappa shape index (κ1) is 17.5. The molecule has 0 aliphatic heterocycles. The van der Waals surface area contributed by atoms with E-state index in [4.69, 9.17) is 0 Å². The van der Waals surface area contributed by atoms with E-state index in [-0.39, 0.29) is 11.2 Å². The van der Waals surface area contributed by atoms with Crippen molar-refractivity contribution in [2.75, 3.05) is 6.16 Å². The van der Waals surface area contributed by atoms with Crippen molar-refractivity contribution in [2.24, 2.45) is 5.92 Å². The van der Waals surface area contributed by atoms with Crippen molar-refractivity contribution in [1.82, 2.24) is 0 Å². The van der Waals surface area contributed by atoms with Crippen LogP contribution in [0, 0.1) is 12.8 Å². The van der Waals surface area contributed by atoms with Gasteiger partial charge < -0.3 is 4.57 Å². The number of hydrogen-bond donors (Lipinski definition) is 0. The van der Waals surface area contributed by atoms with Gasteiger partial charge in [-0.15, -0.1) is 0 Å². The molecule has 0 N–H and O–H groups in total. The highest BCUT2D eigenvalue weighted by Crippen LogP contribution is 2.60. The average molecular weight is 320 g/mol. The standard InChI is InChI=1S/C19H29O2P/c1-4-9-15(2)14-22(21,17-11-6-7-12-17)19(20)18-13-8-5-10-16(18)3/h5,8,10,13,15,17H,4,6-7,9,11-12,14H2,1-3H3. The fraction of sp³-hybridized carbons (Fsp3) is 0.632. The van der Waals surface area contributed by atoms with Crippen LogP contribution < -0.4 is 0 Å². The van der Waals surface area contributed by atoms with E-state index in [2.05, 4.69) is 13.8 Å². The summed E-state index contributed by atoms with van der Waals surface area (Å²) in [4.78, 5) is 13.2. The molecule has 0 heterocycles. The van der Waals surface area contributed by atoms with Gasteiger partial charge in [-0.25, -0.2) is 0 Å². The van der Waals surface area contributed by atoms with Crippen LogP contribution in [0.25, 0.3) is 0 Å². The van der Waals surface area contributed by atoms with Crippen molar-refractivity contribution in [3.8, 4) is 0 Å². The summed E-state index contributed by atoms with van der Waals surface area (Å²) in [5, 5.41) is 0. The minimum atomic E-state index is -2.83. The summed E-state index contributed by atoms with van der Waals surface area (Å²) in [6.07, 6.45) is 6.91. The van der Waals surface area contributed by atoms with E-state index in [1.165, 1.54) is 0 Å². The van der Waals surface area contributed by atoms with Crippen LogP contribution in [-0.4, -0.2) is 17.3 Å². The van der Waals surface area contributed by atoms with Crippen LogP contribution in [0.5, 0.6) is 0 Å². The summed E-state index contributed by atoms with van der Waals surface area (Å²) in [6.45, 7) is 6.25. The molecular weight excluding hydrogens is 291 g/mol. The monoisotopic (exact) mass is 320 g/mol. The van der Waals surface area contributed by atoms with Crippen molar-refractivity contribution in [1.29, 1.82) is 0 Å². The van der Waals surface area contributed by atoms with Crippen molar-refractivity contribution in [2.45, 2.75) is 65.0 Å². The largest absolute Gasteiger partial charge is 0.315 e. The molecule has 0 bridgehead atoms. The lowest BCUT2D eigenvalue weighted by molar-refractivity contribution is 0.107. The molecule has 22 heavy (non-hydrogen) atoms. The normalized spacial score (nSPS) is 19.8. The van der Waals surface area contributed by atoms with Crippen LogP contribution in [0.3, 0.4) is 0 Å². The summed E-state index contributed by atoms with van der Waals surface area (Å²) < 4.78 is 13.8. The molecule has 1 aliphatic rings. The third-order valence-electron chi connectivity index (χ3n) is 5.00. The van der Waals surface area contributed by atoms with Crippen LogP contribution in [-0.2, 0) is 4.57 Å². The van der Waals surface area contributed by atoms with Crippen LogP contribution in [0.4, 0.5) is 0 Å². The Labute approximate surface area is 135 Å². The van der Waals surface area contributed by atoms with E-state index in [0.717, 1.165) is 44.1 Å². The van der Waals surface area contributed by atoms with E-state index in [0.29, 0.717) is 17.6 Å². The molecule has 122 valence electrons. The maximum atomic E-state index is 13.8. The molecule has 1 fully saturated rings. The van der Waals surface area contributed by atoms with E-state index in [1.54, 1.807) is 0 Å². The van der Waals surface area contributed by atoms with Gasteiger partial charge in [0.05, 0.1) is 0 Å². The average Bonchev–Trinajstić information content (AvgIpc) is 3.02. The van der Waals surface area contributed by atoms with Gasteiger partial charge in [0.25, 0.3) is 0 Å². The van der Waals surface area contributed by atoms with Gasteiger partial charge in [-0.1, -0.05) is 63.8 Å². The van der Waals surface area contributed by atoms with Crippen molar-refractivity contribution >= 4 is 12.7 Å². The summed E-state index contributed by atoms with van der Waals surface area (Å²) in [7, 11) is -2.83. The van der Waals surface area contributed by atoms with Crippen LogP contribution in [0.15, 0.2) is 24.3 Å². The highest BCUT2D eigenvalue weighted by atomic mass is 31.2. The van der Waals surface area contributed by atoms with Gasteiger partial charge in [0, 0.05) is 17.4 Å². The van der Waals surface area contributed by atoms with E-state index in [9.17, 15) is 9.36 Å². The maximum absolute atomic E-state index is 13.8. The fourth-order valence-corrected chi connectivity index (χ4v) is 7.55. The van der Waals surface area contributed by atoms with Crippen LogP contribution in [0.2, 0.25) is 0 Å². The Balaban J connectivity index is 2.33. The molecule has 2 atom stereocenters. The van der Waals surface area contributed by atoms with Gasteiger partial charge in [-0.05, 0) is 31.2 Å². The van der Waals surface area contributed by atoms with E-state index < -0.39 is 7.14 Å². The van der Waals surface area contributed by atoms with Gasteiger partial charge in [0.15, 0.2) is 7.14 Å². The molecule has 1 aliphatic carbocycles. The molecule has 1 aromatic rings. The van der Waals surface area contributed by atoms with Crippen molar-refractivity contribution in [3.63, 3.8) is 0 Å². The minimum absolute atomic E-state index is 0.0551. The quantitative estimate of drug-likeness (QED) is 0.588. The van der Waals surface area contributed by atoms with Crippen molar-refractivity contribution in [3.05, 3.63) is 35.4 Å². The highest BCUT2D eigenvalue weighted by Gasteiger charge is 2.42. The minimum Gasteiger partial charge on any atom is -0.315 e. The number of benzene rings is 1. The molecule has 0 aromatic heterocycles. The van der Waals surface area contributed by atoms with Gasteiger partial charge >= 0.3 is 0 Å². The number of carbonyl (C=O) groups excluding carboxylic acids is 1. The zero-order valence-corrected chi connectivity index (χ0v) is 15.1. The Morgan fingerprint density at radius 1 is 1.27 bits per heavy atom. The number of rotatable bonds is 7. The highest BCUT2D eigenvalue weighted by molar-refractivity contribution is 7.81. The topological polar surface area (TPSA) is 34.1 Å². The second-order valence-corrected chi connectivity index (χ2v) is 10.0. The van der Waals surface area contributed by atoms with Gasteiger partial charge in [-0.2, -0.15) is 0 Å². The predicted octanol–water partition coefficient (Wildman–Crippen LogP) is 5.88. The number of hydrogen-bond acceptors (Lipinski definition) is 2. The summed E-state index contributed by atoms with van der Waals surface area (Å²) >= 11 is 0. The second-order valence-electron chi connectivity index (χ2n) is 6.93. The van der Waals surface area contributed by atoms with Gasteiger partial charge in [0.1, 0.15) is 0 Å². The first-order valence-electron chi connectivity index (χ1n) is 8.68. The molecule has 1 saturated carbocycles. The lowest BCUT2D eigenvalue weighted by atomic mass is 10.1. The zero-order chi connectivity index (χ0) is 16.2. The number of carbonyl (C=O) groups is 1. The second kappa shape index (κ2) is 7.59. The fourth-order valence-electron chi connectivity index (χ4n) is 3.78. The predicted molar refractivity (Wildman–Crippen MR) is 94.3 cm³/mol. The SMILES string of the molecule is CCCC(C)CP(=O)(C(=O)c1ccccc1C)C1CCCC1. The zero-order valence-electron chi connectivity index (χ0n) is 14.2. The Kier molecular flexibility index (Phi) is 6.03. The smallest absolute Gasteiger partial charge is 0.221 e. The third kappa shape index (κ3) is 3.71.